The molecule has 1 unspecified atom stereocenters. The zero-order chi connectivity index (χ0) is 21.1. The van der Waals surface area contributed by atoms with Gasteiger partial charge < -0.3 is 10.3 Å². The van der Waals surface area contributed by atoms with E-state index >= 15 is 0 Å². The highest BCUT2D eigenvalue weighted by Gasteiger charge is 2.34. The van der Waals surface area contributed by atoms with Crippen LogP contribution in [0.5, 0.6) is 0 Å². The second-order valence-corrected chi connectivity index (χ2v) is 9.65. The Balaban J connectivity index is 1.21. The molecule has 0 fully saturated rings. The highest BCUT2D eigenvalue weighted by atomic mass is 32.2. The van der Waals surface area contributed by atoms with Gasteiger partial charge in [0.2, 0.25) is 5.91 Å². The normalized spacial score (nSPS) is 18.3. The van der Waals surface area contributed by atoms with Gasteiger partial charge >= 0.3 is 0 Å². The van der Waals surface area contributed by atoms with Crippen LogP contribution in [0.1, 0.15) is 19.4 Å². The SMILES string of the molecule is CC(C)C1=CC2C(=O)N=C(CSCC(=O)NCCc3c[nH]c4ccccc34)N=C2S1. The van der Waals surface area contributed by atoms with Crippen LogP contribution in [0.3, 0.4) is 0 Å². The van der Waals surface area contributed by atoms with E-state index in [4.69, 9.17) is 0 Å². The number of fused-ring (bicyclic) bond motifs is 2. The topological polar surface area (TPSA) is 86.7 Å². The molecular weight excluding hydrogens is 416 g/mol. The Morgan fingerprint density at radius 2 is 2.13 bits per heavy atom. The van der Waals surface area contributed by atoms with Crippen molar-refractivity contribution < 1.29 is 9.59 Å². The summed E-state index contributed by atoms with van der Waals surface area (Å²) in [6, 6.07) is 8.15. The van der Waals surface area contributed by atoms with Gasteiger partial charge in [-0.15, -0.1) is 11.8 Å². The van der Waals surface area contributed by atoms with Crippen LogP contribution in [0.4, 0.5) is 0 Å². The molecule has 1 aromatic heterocycles. The number of carbonyl (C=O) groups excluding carboxylic acids is 2. The highest BCUT2D eigenvalue weighted by Crippen LogP contribution is 2.38. The predicted molar refractivity (Wildman–Crippen MR) is 126 cm³/mol. The third-order valence-electron chi connectivity index (χ3n) is 4.99. The number of hydrogen-bond donors (Lipinski definition) is 2. The number of amides is 2. The van der Waals surface area contributed by atoms with Crippen LogP contribution in [0.2, 0.25) is 0 Å². The van der Waals surface area contributed by atoms with Crippen LogP contribution < -0.4 is 5.32 Å². The minimum Gasteiger partial charge on any atom is -0.361 e. The number of H-pyrrole nitrogens is 1. The summed E-state index contributed by atoms with van der Waals surface area (Å²) in [5, 5.41) is 4.97. The van der Waals surface area contributed by atoms with Crippen molar-refractivity contribution in [1.29, 1.82) is 0 Å². The lowest BCUT2D eigenvalue weighted by Crippen LogP contribution is -2.28. The van der Waals surface area contributed by atoms with E-state index in [0.717, 1.165) is 17.0 Å². The van der Waals surface area contributed by atoms with Crippen LogP contribution in [0.25, 0.3) is 10.9 Å². The number of aromatic nitrogens is 1. The first-order chi connectivity index (χ1) is 14.5. The molecular formula is C22H24N4O2S2. The maximum absolute atomic E-state index is 12.3. The predicted octanol–water partition coefficient (Wildman–Crippen LogP) is 3.80. The van der Waals surface area contributed by atoms with Crippen LogP contribution in [-0.4, -0.2) is 45.7 Å². The minimum absolute atomic E-state index is 0.0212. The molecule has 0 spiro atoms. The number of para-hydroxylation sites is 1. The van der Waals surface area contributed by atoms with E-state index < -0.39 is 0 Å². The molecule has 0 saturated carbocycles. The van der Waals surface area contributed by atoms with Crippen molar-refractivity contribution in [2.75, 3.05) is 18.1 Å². The Morgan fingerprint density at radius 1 is 1.30 bits per heavy atom. The molecule has 0 bridgehead atoms. The Labute approximate surface area is 184 Å². The van der Waals surface area contributed by atoms with E-state index in [2.05, 4.69) is 40.2 Å². The van der Waals surface area contributed by atoms with E-state index in [1.165, 1.54) is 27.6 Å². The molecule has 2 aliphatic heterocycles. The molecule has 3 heterocycles. The second-order valence-electron chi connectivity index (χ2n) is 7.57. The van der Waals surface area contributed by atoms with Gasteiger partial charge in [0.1, 0.15) is 11.8 Å². The molecule has 6 nitrogen and oxygen atoms in total. The molecule has 0 saturated heterocycles. The van der Waals surface area contributed by atoms with Crippen molar-refractivity contribution in [3.63, 3.8) is 0 Å². The number of aliphatic imine (C=N–C) groups is 2. The Bertz CT molecular complexity index is 1070. The third kappa shape index (κ3) is 4.70. The lowest BCUT2D eigenvalue weighted by molar-refractivity contribution is -0.119. The number of thioether (sulfide) groups is 2. The standard InChI is InChI=1S/C22H24N4O2S2/c1-13(2)18-9-16-21(28)25-19(26-22(16)30-18)11-29-12-20(27)23-8-7-14-10-24-17-6-4-3-5-15(14)17/h3-6,9-10,13,16,24H,7-8,11-12H2,1-2H3,(H,23,27). The fraction of sp³-hybridized carbons (Fsp3) is 0.364. The van der Waals surface area contributed by atoms with E-state index in [0.29, 0.717) is 29.8 Å². The summed E-state index contributed by atoms with van der Waals surface area (Å²) in [4.78, 5) is 37.5. The molecule has 0 radical (unpaired) electrons. The highest BCUT2D eigenvalue weighted by molar-refractivity contribution is 8.17. The Morgan fingerprint density at radius 3 is 2.97 bits per heavy atom. The van der Waals surface area contributed by atoms with E-state index in [-0.39, 0.29) is 17.7 Å². The van der Waals surface area contributed by atoms with Crippen LogP contribution in [0, 0.1) is 11.8 Å². The Hall–Kier alpha value is -2.32. The van der Waals surface area contributed by atoms with Gasteiger partial charge in [0, 0.05) is 23.6 Å². The summed E-state index contributed by atoms with van der Waals surface area (Å²) >= 11 is 3.01. The second kappa shape index (κ2) is 9.22. The van der Waals surface area contributed by atoms with Crippen molar-refractivity contribution in [2.45, 2.75) is 20.3 Å². The van der Waals surface area contributed by atoms with Gasteiger partial charge in [-0.1, -0.05) is 49.9 Å². The van der Waals surface area contributed by atoms with Gasteiger partial charge in [0.15, 0.2) is 0 Å². The summed E-state index contributed by atoms with van der Waals surface area (Å²) < 4.78 is 0. The quantitative estimate of drug-likeness (QED) is 0.654. The molecule has 2 aromatic rings. The number of benzene rings is 1. The number of carbonyl (C=O) groups is 2. The average molecular weight is 441 g/mol. The minimum atomic E-state index is -0.311. The lowest BCUT2D eigenvalue weighted by atomic mass is 10.1. The zero-order valence-electron chi connectivity index (χ0n) is 17.0. The molecule has 8 heteroatoms. The van der Waals surface area contributed by atoms with Crippen molar-refractivity contribution in [2.24, 2.45) is 21.8 Å². The maximum Gasteiger partial charge on any atom is 0.261 e. The lowest BCUT2D eigenvalue weighted by Gasteiger charge is -2.12. The van der Waals surface area contributed by atoms with E-state index in [1.54, 1.807) is 11.8 Å². The molecule has 1 aromatic carbocycles. The third-order valence-corrected chi connectivity index (χ3v) is 7.31. The van der Waals surface area contributed by atoms with Gasteiger partial charge in [-0.25, -0.2) is 4.99 Å². The van der Waals surface area contributed by atoms with Crippen LogP contribution in [-0.2, 0) is 16.0 Å². The van der Waals surface area contributed by atoms with Gasteiger partial charge in [0.05, 0.1) is 16.5 Å². The van der Waals surface area contributed by atoms with Gasteiger partial charge in [0.25, 0.3) is 5.91 Å². The van der Waals surface area contributed by atoms with Crippen LogP contribution in [0.15, 0.2) is 51.4 Å². The summed E-state index contributed by atoms with van der Waals surface area (Å²) in [5.41, 5.74) is 2.31. The van der Waals surface area contributed by atoms with Gasteiger partial charge in [-0.3, -0.25) is 9.59 Å². The summed E-state index contributed by atoms with van der Waals surface area (Å²) in [7, 11) is 0. The first kappa shape index (κ1) is 20.9. The number of nitrogens with zero attached hydrogens (tertiary/aromatic N) is 2. The van der Waals surface area contributed by atoms with Crippen molar-refractivity contribution in [1.82, 2.24) is 10.3 Å². The smallest absolute Gasteiger partial charge is 0.261 e. The number of allylic oxidation sites excluding steroid dienone is 1. The molecule has 2 aliphatic rings. The number of amidine groups is 1. The van der Waals surface area contributed by atoms with Crippen molar-refractivity contribution in [3.8, 4) is 0 Å². The molecule has 1 atom stereocenters. The molecule has 2 amide bonds. The molecule has 156 valence electrons. The molecule has 2 N–H and O–H groups in total. The number of hydrogen-bond acceptors (Lipinski definition) is 5. The Kier molecular flexibility index (Phi) is 6.43. The van der Waals surface area contributed by atoms with E-state index in [1.807, 2.05) is 30.5 Å². The fourth-order valence-corrected chi connectivity index (χ4v) is 5.24. The molecule has 30 heavy (non-hydrogen) atoms. The summed E-state index contributed by atoms with van der Waals surface area (Å²) in [6.45, 7) is 4.80. The van der Waals surface area contributed by atoms with Gasteiger partial charge in [-0.2, -0.15) is 4.99 Å². The first-order valence-electron chi connectivity index (χ1n) is 10.00. The maximum atomic E-state index is 12.3. The monoisotopic (exact) mass is 440 g/mol. The zero-order valence-corrected chi connectivity index (χ0v) is 18.6. The average Bonchev–Trinajstić information content (AvgIpc) is 3.33. The molecule has 4 rings (SSSR count). The number of rotatable bonds is 8. The van der Waals surface area contributed by atoms with Gasteiger partial charge in [-0.05, 0) is 28.9 Å². The fourth-order valence-electron chi connectivity index (χ4n) is 3.41. The number of aromatic amines is 1. The molecule has 0 aliphatic carbocycles. The summed E-state index contributed by atoms with van der Waals surface area (Å²) in [5.74, 6) is 1.17. The van der Waals surface area contributed by atoms with E-state index in [9.17, 15) is 9.59 Å². The van der Waals surface area contributed by atoms with Crippen molar-refractivity contribution >= 4 is 57.1 Å². The summed E-state index contributed by atoms with van der Waals surface area (Å²) in [6.07, 6.45) is 4.75. The first-order valence-corrected chi connectivity index (χ1v) is 12.0. The van der Waals surface area contributed by atoms with Crippen LogP contribution >= 0.6 is 23.5 Å². The number of nitrogens with one attached hydrogen (secondary N) is 2. The van der Waals surface area contributed by atoms with Crippen molar-refractivity contribution in [3.05, 3.63) is 47.0 Å². The largest absolute Gasteiger partial charge is 0.361 e.